The van der Waals surface area contributed by atoms with Crippen LogP contribution < -0.4 is 4.90 Å². The number of aryl methyl sites for hydroxylation is 1. The van der Waals surface area contributed by atoms with Crippen molar-refractivity contribution in [3.8, 4) is 0 Å². The molecular formula is C19H22ClNO2. The Bertz CT molecular complexity index is 675. The predicted octanol–water partition coefficient (Wildman–Crippen LogP) is 5.59. The van der Waals surface area contributed by atoms with Crippen LogP contribution in [0.2, 0.25) is 5.02 Å². The molecule has 23 heavy (non-hydrogen) atoms. The summed E-state index contributed by atoms with van der Waals surface area (Å²) in [6.07, 6.45) is -0.359. The smallest absolute Gasteiger partial charge is 0.415 e. The molecule has 0 aliphatic rings. The van der Waals surface area contributed by atoms with E-state index < -0.39 is 5.60 Å². The highest BCUT2D eigenvalue weighted by Crippen LogP contribution is 2.24. The Hall–Kier alpha value is -2.00. The van der Waals surface area contributed by atoms with Gasteiger partial charge in [0.25, 0.3) is 0 Å². The number of nitrogens with zero attached hydrogens (tertiary/aromatic N) is 1. The Morgan fingerprint density at radius 3 is 2.26 bits per heavy atom. The van der Waals surface area contributed by atoms with E-state index in [4.69, 9.17) is 16.3 Å². The van der Waals surface area contributed by atoms with Gasteiger partial charge in [0.2, 0.25) is 0 Å². The van der Waals surface area contributed by atoms with Crippen molar-refractivity contribution in [3.63, 3.8) is 0 Å². The molecule has 122 valence electrons. The minimum absolute atomic E-state index is 0.359. The van der Waals surface area contributed by atoms with Gasteiger partial charge in [-0.05, 0) is 57.0 Å². The average molecular weight is 332 g/mol. The molecule has 0 aliphatic heterocycles. The zero-order valence-electron chi connectivity index (χ0n) is 14.0. The van der Waals surface area contributed by atoms with Crippen LogP contribution >= 0.6 is 11.6 Å². The van der Waals surface area contributed by atoms with Crippen molar-refractivity contribution < 1.29 is 9.53 Å². The van der Waals surface area contributed by atoms with Crippen molar-refractivity contribution in [2.75, 3.05) is 4.90 Å². The second-order valence-electron chi connectivity index (χ2n) is 6.48. The zero-order chi connectivity index (χ0) is 17.0. The van der Waals surface area contributed by atoms with Crippen molar-refractivity contribution in [1.29, 1.82) is 0 Å². The molecule has 2 aromatic rings. The fourth-order valence-corrected chi connectivity index (χ4v) is 2.33. The predicted molar refractivity (Wildman–Crippen MR) is 95.0 cm³/mol. The minimum atomic E-state index is -0.544. The number of carbonyl (C=O) groups excluding carboxylic acids is 1. The maximum absolute atomic E-state index is 12.7. The van der Waals surface area contributed by atoms with Gasteiger partial charge in [-0.25, -0.2) is 4.79 Å². The first-order chi connectivity index (χ1) is 10.8. The molecule has 3 nitrogen and oxygen atoms in total. The number of rotatable bonds is 3. The number of para-hydroxylation sites is 1. The third kappa shape index (κ3) is 5.00. The summed E-state index contributed by atoms with van der Waals surface area (Å²) in [7, 11) is 0. The van der Waals surface area contributed by atoms with E-state index in [1.165, 1.54) is 0 Å². The van der Waals surface area contributed by atoms with Gasteiger partial charge in [0, 0.05) is 5.02 Å². The third-order valence-corrected chi connectivity index (χ3v) is 3.53. The van der Waals surface area contributed by atoms with Gasteiger partial charge in [-0.3, -0.25) is 4.90 Å². The van der Waals surface area contributed by atoms with Crippen LogP contribution in [0.1, 0.15) is 31.9 Å². The first-order valence-corrected chi connectivity index (χ1v) is 7.95. The fourth-order valence-electron chi connectivity index (χ4n) is 2.20. The van der Waals surface area contributed by atoms with Crippen molar-refractivity contribution in [1.82, 2.24) is 0 Å². The Morgan fingerprint density at radius 2 is 1.70 bits per heavy atom. The topological polar surface area (TPSA) is 29.5 Å². The summed E-state index contributed by atoms with van der Waals surface area (Å²) in [4.78, 5) is 14.3. The Kier molecular flexibility index (Phi) is 5.32. The lowest BCUT2D eigenvalue weighted by Crippen LogP contribution is -2.36. The first-order valence-electron chi connectivity index (χ1n) is 7.57. The normalized spacial score (nSPS) is 11.2. The van der Waals surface area contributed by atoms with Gasteiger partial charge in [-0.15, -0.1) is 0 Å². The van der Waals surface area contributed by atoms with Crippen LogP contribution in [0.15, 0.2) is 48.5 Å². The van der Waals surface area contributed by atoms with Crippen LogP contribution in [0.5, 0.6) is 0 Å². The molecule has 0 unspecified atom stereocenters. The Balaban J connectivity index is 2.33. The Morgan fingerprint density at radius 1 is 1.09 bits per heavy atom. The molecular weight excluding hydrogens is 310 g/mol. The summed E-state index contributed by atoms with van der Waals surface area (Å²) < 4.78 is 5.57. The van der Waals surface area contributed by atoms with Crippen molar-refractivity contribution in [2.24, 2.45) is 0 Å². The second-order valence-corrected chi connectivity index (χ2v) is 6.92. The van der Waals surface area contributed by atoms with E-state index in [-0.39, 0.29) is 6.09 Å². The molecule has 0 bridgehead atoms. The summed E-state index contributed by atoms with van der Waals surface area (Å²) in [5.74, 6) is 0. The number of carbonyl (C=O) groups is 1. The number of hydrogen-bond donors (Lipinski definition) is 0. The SMILES string of the molecule is Cc1ccccc1N(Cc1ccc(Cl)cc1)C(=O)OC(C)(C)C. The molecule has 0 fully saturated rings. The van der Waals surface area contributed by atoms with Gasteiger partial charge < -0.3 is 4.74 Å². The zero-order valence-corrected chi connectivity index (χ0v) is 14.7. The average Bonchev–Trinajstić information content (AvgIpc) is 2.46. The van der Waals surface area contributed by atoms with Crippen molar-refractivity contribution in [3.05, 3.63) is 64.7 Å². The number of anilines is 1. The van der Waals surface area contributed by atoms with Gasteiger partial charge in [0.05, 0.1) is 12.2 Å². The van der Waals surface area contributed by atoms with Gasteiger partial charge in [0.15, 0.2) is 0 Å². The molecule has 1 amide bonds. The minimum Gasteiger partial charge on any atom is -0.443 e. The standard InChI is InChI=1S/C19H22ClNO2/c1-14-7-5-6-8-17(14)21(18(22)23-19(2,3)4)13-15-9-11-16(20)12-10-15/h5-12H,13H2,1-4H3. The van der Waals surface area contributed by atoms with E-state index >= 15 is 0 Å². The van der Waals surface area contributed by atoms with E-state index in [0.29, 0.717) is 11.6 Å². The molecule has 0 saturated carbocycles. The van der Waals surface area contributed by atoms with Crippen LogP contribution in [0.4, 0.5) is 10.5 Å². The number of hydrogen-bond acceptors (Lipinski definition) is 2. The van der Waals surface area contributed by atoms with Gasteiger partial charge in [-0.2, -0.15) is 0 Å². The quantitative estimate of drug-likeness (QED) is 0.733. The first kappa shape index (κ1) is 17.4. The molecule has 4 heteroatoms. The largest absolute Gasteiger partial charge is 0.443 e. The van der Waals surface area contributed by atoms with Crippen molar-refractivity contribution in [2.45, 2.75) is 39.8 Å². The molecule has 0 atom stereocenters. The summed E-state index contributed by atoms with van der Waals surface area (Å²) in [6, 6.07) is 15.2. The van der Waals surface area contributed by atoms with E-state index in [0.717, 1.165) is 16.8 Å². The molecule has 0 aromatic heterocycles. The number of benzene rings is 2. The summed E-state index contributed by atoms with van der Waals surface area (Å²) in [5.41, 5.74) is 2.31. The number of ether oxygens (including phenoxy) is 1. The maximum atomic E-state index is 12.7. The molecule has 2 rings (SSSR count). The lowest BCUT2D eigenvalue weighted by molar-refractivity contribution is 0.0577. The van der Waals surface area contributed by atoms with Crippen LogP contribution in [0, 0.1) is 6.92 Å². The molecule has 0 saturated heterocycles. The molecule has 0 heterocycles. The molecule has 0 N–H and O–H groups in total. The summed E-state index contributed by atoms with van der Waals surface area (Å²) >= 11 is 5.93. The number of halogens is 1. The highest BCUT2D eigenvalue weighted by Gasteiger charge is 2.24. The number of amides is 1. The lowest BCUT2D eigenvalue weighted by atomic mass is 10.1. The van der Waals surface area contributed by atoms with Crippen LogP contribution in [-0.2, 0) is 11.3 Å². The molecule has 0 aliphatic carbocycles. The summed E-state index contributed by atoms with van der Waals surface area (Å²) in [5, 5.41) is 0.674. The molecule has 2 aromatic carbocycles. The Labute approximate surface area is 142 Å². The monoisotopic (exact) mass is 331 g/mol. The van der Waals surface area contributed by atoms with E-state index in [9.17, 15) is 4.79 Å². The lowest BCUT2D eigenvalue weighted by Gasteiger charge is -2.28. The van der Waals surface area contributed by atoms with Crippen LogP contribution in [0.25, 0.3) is 0 Å². The van der Waals surface area contributed by atoms with Gasteiger partial charge >= 0.3 is 6.09 Å². The third-order valence-electron chi connectivity index (χ3n) is 3.27. The maximum Gasteiger partial charge on any atom is 0.415 e. The fraction of sp³-hybridized carbons (Fsp3) is 0.316. The summed E-state index contributed by atoms with van der Waals surface area (Å²) in [6.45, 7) is 8.00. The van der Waals surface area contributed by atoms with Gasteiger partial charge in [-0.1, -0.05) is 41.9 Å². The van der Waals surface area contributed by atoms with Crippen molar-refractivity contribution >= 4 is 23.4 Å². The van der Waals surface area contributed by atoms with Gasteiger partial charge in [0.1, 0.15) is 5.60 Å². The van der Waals surface area contributed by atoms with E-state index in [1.807, 2.05) is 76.2 Å². The highest BCUT2D eigenvalue weighted by molar-refractivity contribution is 6.30. The van der Waals surface area contributed by atoms with E-state index in [1.54, 1.807) is 4.90 Å². The highest BCUT2D eigenvalue weighted by atomic mass is 35.5. The van der Waals surface area contributed by atoms with Crippen LogP contribution in [-0.4, -0.2) is 11.7 Å². The molecule has 0 radical (unpaired) electrons. The second kappa shape index (κ2) is 7.05. The van der Waals surface area contributed by atoms with E-state index in [2.05, 4.69) is 0 Å². The van der Waals surface area contributed by atoms with Crippen LogP contribution in [0.3, 0.4) is 0 Å². The molecule has 0 spiro atoms.